The van der Waals surface area contributed by atoms with E-state index >= 15 is 0 Å². The van der Waals surface area contributed by atoms with E-state index < -0.39 is 12.3 Å². The maximum atomic E-state index is 12.8. The van der Waals surface area contributed by atoms with Crippen LogP contribution in [0.2, 0.25) is 0 Å². The molecule has 0 saturated heterocycles. The Morgan fingerprint density at radius 3 is 2.26 bits per heavy atom. The molecule has 0 unspecified atom stereocenters. The van der Waals surface area contributed by atoms with E-state index in [9.17, 15) is 13.2 Å². The first-order valence-electron chi connectivity index (χ1n) is 6.71. The summed E-state index contributed by atoms with van der Waals surface area (Å²) in [5.74, 6) is -0.451. The molecular formula is C16H11F3N2O2. The summed E-state index contributed by atoms with van der Waals surface area (Å²) in [6.07, 6.45) is -2.79. The molecule has 0 fully saturated rings. The highest BCUT2D eigenvalue weighted by molar-refractivity contribution is 5.52. The minimum absolute atomic E-state index is 0.0336. The Morgan fingerprint density at radius 1 is 0.957 bits per heavy atom. The van der Waals surface area contributed by atoms with Crippen LogP contribution in [0.1, 0.15) is 17.9 Å². The summed E-state index contributed by atoms with van der Waals surface area (Å²) in [4.78, 5) is 0. The normalized spacial score (nSPS) is 11.0. The summed E-state index contributed by atoms with van der Waals surface area (Å²) in [7, 11) is 0. The first-order chi connectivity index (χ1) is 11.1. The fourth-order valence-corrected chi connectivity index (χ4v) is 1.88. The van der Waals surface area contributed by atoms with Crippen LogP contribution >= 0.6 is 0 Å². The molecule has 0 saturated carbocycles. The Bertz CT molecular complexity index is 771. The second-order valence-electron chi connectivity index (χ2n) is 4.69. The second kappa shape index (κ2) is 6.51. The third-order valence-corrected chi connectivity index (χ3v) is 3.05. The summed E-state index contributed by atoms with van der Waals surface area (Å²) >= 11 is 0. The molecule has 1 heterocycles. The Morgan fingerprint density at radius 2 is 1.65 bits per heavy atom. The second-order valence-corrected chi connectivity index (χ2v) is 4.69. The number of nitrogens with zero attached hydrogens (tertiary/aromatic N) is 2. The molecule has 2 aromatic carbocycles. The van der Waals surface area contributed by atoms with Gasteiger partial charge < -0.3 is 9.15 Å². The predicted molar refractivity (Wildman–Crippen MR) is 75.4 cm³/mol. The molecule has 0 aliphatic carbocycles. The standard InChI is InChI=1S/C16H11F3N2O2/c17-12-5-7-13(8-6-12)22-9-10-1-3-11(4-2-10)15-20-21-16(23-15)14(18)19/h1-8,14H,9H2. The van der Waals surface area contributed by atoms with Crippen LogP contribution in [0.15, 0.2) is 52.9 Å². The molecule has 0 radical (unpaired) electrons. The number of benzene rings is 2. The van der Waals surface area contributed by atoms with Gasteiger partial charge in [0.2, 0.25) is 5.89 Å². The molecule has 23 heavy (non-hydrogen) atoms. The van der Waals surface area contributed by atoms with Crippen molar-refractivity contribution >= 4 is 0 Å². The highest BCUT2D eigenvalue weighted by Gasteiger charge is 2.16. The molecule has 3 rings (SSSR count). The number of alkyl halides is 2. The van der Waals surface area contributed by atoms with Crippen molar-refractivity contribution in [3.63, 3.8) is 0 Å². The van der Waals surface area contributed by atoms with Gasteiger partial charge in [-0.05, 0) is 42.0 Å². The van der Waals surface area contributed by atoms with Crippen LogP contribution in [0.5, 0.6) is 5.75 Å². The number of ether oxygens (including phenoxy) is 1. The zero-order chi connectivity index (χ0) is 16.2. The van der Waals surface area contributed by atoms with Crippen molar-refractivity contribution in [1.29, 1.82) is 0 Å². The molecule has 118 valence electrons. The van der Waals surface area contributed by atoms with Crippen molar-refractivity contribution < 1.29 is 22.3 Å². The summed E-state index contributed by atoms with van der Waals surface area (Å²) in [5.41, 5.74) is 1.39. The van der Waals surface area contributed by atoms with Crippen LogP contribution in [0.4, 0.5) is 13.2 Å². The number of hydrogen-bond acceptors (Lipinski definition) is 4. The van der Waals surface area contributed by atoms with E-state index in [0.717, 1.165) is 5.56 Å². The first-order valence-corrected chi connectivity index (χ1v) is 6.71. The van der Waals surface area contributed by atoms with E-state index in [4.69, 9.17) is 9.15 Å². The topological polar surface area (TPSA) is 48.2 Å². The van der Waals surface area contributed by atoms with Crippen LogP contribution in [-0.4, -0.2) is 10.2 Å². The molecular weight excluding hydrogens is 309 g/mol. The van der Waals surface area contributed by atoms with Crippen molar-refractivity contribution in [2.75, 3.05) is 0 Å². The van der Waals surface area contributed by atoms with Gasteiger partial charge in [-0.3, -0.25) is 0 Å². The first kappa shape index (κ1) is 15.1. The minimum Gasteiger partial charge on any atom is -0.489 e. The summed E-state index contributed by atoms with van der Waals surface area (Å²) in [6, 6.07) is 12.6. The van der Waals surface area contributed by atoms with Crippen LogP contribution in [0, 0.1) is 5.82 Å². The number of hydrogen-bond donors (Lipinski definition) is 0. The van der Waals surface area contributed by atoms with Gasteiger partial charge in [0.05, 0.1) is 0 Å². The number of halogens is 3. The van der Waals surface area contributed by atoms with Crippen LogP contribution in [0.3, 0.4) is 0 Å². The fraction of sp³-hybridized carbons (Fsp3) is 0.125. The molecule has 1 aromatic heterocycles. The third-order valence-electron chi connectivity index (χ3n) is 3.05. The Kier molecular flexibility index (Phi) is 4.27. The van der Waals surface area contributed by atoms with Crippen LogP contribution < -0.4 is 4.74 Å². The molecule has 7 heteroatoms. The molecule has 0 atom stereocenters. The van der Waals surface area contributed by atoms with Crippen LogP contribution in [-0.2, 0) is 6.61 Å². The van der Waals surface area contributed by atoms with Gasteiger partial charge in [0.1, 0.15) is 18.2 Å². The Balaban J connectivity index is 1.65. The molecule has 4 nitrogen and oxygen atoms in total. The van der Waals surface area contributed by atoms with Crippen molar-refractivity contribution in [1.82, 2.24) is 10.2 Å². The molecule has 0 bridgehead atoms. The highest BCUT2D eigenvalue weighted by atomic mass is 19.3. The van der Waals surface area contributed by atoms with Crippen molar-refractivity contribution in [3.05, 3.63) is 65.8 Å². The fourth-order valence-electron chi connectivity index (χ4n) is 1.88. The van der Waals surface area contributed by atoms with Gasteiger partial charge in [0, 0.05) is 5.56 Å². The smallest absolute Gasteiger partial charge is 0.314 e. The van der Waals surface area contributed by atoms with E-state index in [2.05, 4.69) is 10.2 Å². The van der Waals surface area contributed by atoms with Crippen molar-refractivity contribution in [2.45, 2.75) is 13.0 Å². The number of rotatable bonds is 5. The lowest BCUT2D eigenvalue weighted by Gasteiger charge is -2.06. The molecule has 0 amide bonds. The molecule has 0 spiro atoms. The van der Waals surface area contributed by atoms with Gasteiger partial charge >= 0.3 is 6.43 Å². The zero-order valence-electron chi connectivity index (χ0n) is 11.7. The SMILES string of the molecule is Fc1ccc(OCc2ccc(-c3nnc(C(F)F)o3)cc2)cc1. The summed E-state index contributed by atoms with van der Waals surface area (Å²) in [5, 5.41) is 6.85. The average molecular weight is 320 g/mol. The van der Waals surface area contributed by atoms with E-state index in [1.54, 1.807) is 24.3 Å². The van der Waals surface area contributed by atoms with E-state index in [1.807, 2.05) is 0 Å². The monoisotopic (exact) mass is 320 g/mol. The van der Waals surface area contributed by atoms with E-state index in [0.29, 0.717) is 11.3 Å². The Hall–Kier alpha value is -2.83. The lowest BCUT2D eigenvalue weighted by molar-refractivity contribution is 0.116. The molecule has 0 aliphatic rings. The van der Waals surface area contributed by atoms with Gasteiger partial charge in [0.25, 0.3) is 5.89 Å². The minimum atomic E-state index is -2.79. The quantitative estimate of drug-likeness (QED) is 0.699. The molecule has 0 aliphatic heterocycles. The largest absolute Gasteiger partial charge is 0.489 e. The third kappa shape index (κ3) is 3.68. The van der Waals surface area contributed by atoms with Gasteiger partial charge in [-0.25, -0.2) is 4.39 Å². The van der Waals surface area contributed by atoms with Gasteiger partial charge in [-0.2, -0.15) is 8.78 Å². The molecule has 0 N–H and O–H groups in total. The average Bonchev–Trinajstić information content (AvgIpc) is 3.05. The highest BCUT2D eigenvalue weighted by Crippen LogP contribution is 2.23. The van der Waals surface area contributed by atoms with Gasteiger partial charge in [-0.15, -0.1) is 10.2 Å². The van der Waals surface area contributed by atoms with Crippen LogP contribution in [0.25, 0.3) is 11.5 Å². The molecule has 3 aromatic rings. The van der Waals surface area contributed by atoms with E-state index in [-0.39, 0.29) is 18.3 Å². The summed E-state index contributed by atoms with van der Waals surface area (Å²) in [6.45, 7) is 0.290. The van der Waals surface area contributed by atoms with Gasteiger partial charge in [-0.1, -0.05) is 12.1 Å². The lowest BCUT2D eigenvalue weighted by atomic mass is 10.1. The summed E-state index contributed by atoms with van der Waals surface area (Å²) < 4.78 is 48.0. The van der Waals surface area contributed by atoms with Crippen molar-refractivity contribution in [3.8, 4) is 17.2 Å². The predicted octanol–water partition coefficient (Wildman–Crippen LogP) is 4.39. The number of aromatic nitrogens is 2. The maximum absolute atomic E-state index is 12.8. The lowest BCUT2D eigenvalue weighted by Crippen LogP contribution is -1.95. The van der Waals surface area contributed by atoms with Gasteiger partial charge in [0.15, 0.2) is 0 Å². The maximum Gasteiger partial charge on any atom is 0.314 e. The van der Waals surface area contributed by atoms with E-state index in [1.165, 1.54) is 24.3 Å². The Labute approximate surface area is 129 Å². The zero-order valence-corrected chi connectivity index (χ0v) is 11.7. The van der Waals surface area contributed by atoms with Crippen molar-refractivity contribution in [2.24, 2.45) is 0 Å².